The maximum Gasteiger partial charge on any atom is 0.264 e. The highest BCUT2D eigenvalue weighted by Crippen LogP contribution is 2.28. The van der Waals surface area contributed by atoms with Crippen LogP contribution >= 0.6 is 0 Å². The molecule has 0 saturated heterocycles. The summed E-state index contributed by atoms with van der Waals surface area (Å²) in [6.45, 7) is 1.02. The van der Waals surface area contributed by atoms with E-state index >= 15 is 0 Å². The maximum absolute atomic E-state index is 12.0. The Bertz CT molecular complexity index is 551. The predicted molar refractivity (Wildman–Crippen MR) is 76.0 cm³/mol. The normalized spacial score (nSPS) is 13.8. The summed E-state index contributed by atoms with van der Waals surface area (Å²) in [6, 6.07) is 0. The number of H-pyrrole nitrogens is 1. The zero-order valence-corrected chi connectivity index (χ0v) is 11.5. The molecule has 0 spiro atoms. The average molecular weight is 279 g/mol. The van der Waals surface area contributed by atoms with Crippen molar-refractivity contribution in [2.24, 2.45) is 5.73 Å². The van der Waals surface area contributed by atoms with Crippen LogP contribution < -0.4 is 16.6 Å². The van der Waals surface area contributed by atoms with Gasteiger partial charge >= 0.3 is 0 Å². The van der Waals surface area contributed by atoms with E-state index in [0.717, 1.165) is 37.8 Å². The minimum absolute atomic E-state index is 0.153. The van der Waals surface area contributed by atoms with E-state index in [-0.39, 0.29) is 11.3 Å². The first kappa shape index (κ1) is 14.6. The van der Waals surface area contributed by atoms with Crippen molar-refractivity contribution in [1.29, 1.82) is 0 Å². The molecule has 20 heavy (non-hydrogen) atoms. The zero-order valence-electron chi connectivity index (χ0n) is 11.5. The monoisotopic (exact) mass is 279 g/mol. The Morgan fingerprint density at radius 1 is 1.30 bits per heavy atom. The summed E-state index contributed by atoms with van der Waals surface area (Å²) >= 11 is 0. The number of hydrogen-bond donors (Lipinski definition) is 4. The number of nitrogens with one attached hydrogen (secondary N) is 2. The van der Waals surface area contributed by atoms with Crippen molar-refractivity contribution in [3.05, 3.63) is 27.2 Å². The van der Waals surface area contributed by atoms with E-state index in [1.807, 2.05) is 0 Å². The Balaban J connectivity index is 2.19. The van der Waals surface area contributed by atoms with Gasteiger partial charge in [0.15, 0.2) is 0 Å². The lowest BCUT2D eigenvalue weighted by Crippen LogP contribution is -2.32. The van der Waals surface area contributed by atoms with Gasteiger partial charge in [-0.25, -0.2) is 0 Å². The molecule has 1 aromatic rings. The molecule has 1 amide bonds. The van der Waals surface area contributed by atoms with E-state index < -0.39 is 11.5 Å². The van der Waals surface area contributed by atoms with E-state index in [1.165, 1.54) is 0 Å². The van der Waals surface area contributed by atoms with Gasteiger partial charge in [0.1, 0.15) is 11.3 Å². The van der Waals surface area contributed by atoms with Gasteiger partial charge in [0.05, 0.1) is 0 Å². The summed E-state index contributed by atoms with van der Waals surface area (Å²) in [5.41, 5.74) is 6.16. The number of aromatic amines is 1. The molecule has 0 atom stereocenters. The molecule has 110 valence electrons. The molecule has 0 aliphatic heterocycles. The zero-order chi connectivity index (χ0) is 14.5. The number of aromatic nitrogens is 1. The summed E-state index contributed by atoms with van der Waals surface area (Å²) in [5.74, 6) is -0.672. The number of amides is 1. The fourth-order valence-electron chi connectivity index (χ4n) is 2.53. The smallest absolute Gasteiger partial charge is 0.264 e. The number of carbonyl (C=O) groups excluding carboxylic acids is 1. The van der Waals surface area contributed by atoms with Gasteiger partial charge in [-0.1, -0.05) is 0 Å². The van der Waals surface area contributed by atoms with Crippen LogP contribution in [0, 0.1) is 0 Å². The van der Waals surface area contributed by atoms with Crippen LogP contribution in [0.4, 0.5) is 0 Å². The van der Waals surface area contributed by atoms with Crippen LogP contribution in [0.1, 0.15) is 47.3 Å². The van der Waals surface area contributed by atoms with Crippen LogP contribution in [0.2, 0.25) is 0 Å². The topological polar surface area (TPSA) is 108 Å². The minimum Gasteiger partial charge on any atom is -0.507 e. The molecule has 1 aliphatic carbocycles. The molecule has 6 heteroatoms. The molecule has 6 nitrogen and oxygen atoms in total. The maximum atomic E-state index is 12.0. The third kappa shape index (κ3) is 3.01. The number of rotatable bonds is 5. The molecular formula is C14H21N3O3. The van der Waals surface area contributed by atoms with Gasteiger partial charge < -0.3 is 21.1 Å². The van der Waals surface area contributed by atoms with E-state index in [1.54, 1.807) is 0 Å². The molecule has 1 aliphatic rings. The van der Waals surface area contributed by atoms with Crippen molar-refractivity contribution in [3.8, 4) is 5.75 Å². The van der Waals surface area contributed by atoms with Gasteiger partial charge in [0.25, 0.3) is 11.5 Å². The molecule has 0 radical (unpaired) electrons. The Kier molecular flexibility index (Phi) is 4.79. The first-order chi connectivity index (χ1) is 9.65. The van der Waals surface area contributed by atoms with E-state index in [4.69, 9.17) is 5.73 Å². The van der Waals surface area contributed by atoms with Crippen LogP contribution in [-0.2, 0) is 12.8 Å². The average Bonchev–Trinajstić information content (AvgIpc) is 2.43. The van der Waals surface area contributed by atoms with Crippen LogP contribution in [0.15, 0.2) is 4.79 Å². The lowest BCUT2D eigenvalue weighted by atomic mass is 9.93. The van der Waals surface area contributed by atoms with Crippen molar-refractivity contribution in [1.82, 2.24) is 10.3 Å². The fraction of sp³-hybridized carbons (Fsp3) is 0.571. The molecule has 5 N–H and O–H groups in total. The summed E-state index contributed by atoms with van der Waals surface area (Å²) < 4.78 is 0. The predicted octanol–water partition coefficient (Wildman–Crippen LogP) is 0.428. The molecule has 2 rings (SSSR count). The third-order valence-electron chi connectivity index (χ3n) is 3.63. The highest BCUT2D eigenvalue weighted by Gasteiger charge is 2.23. The van der Waals surface area contributed by atoms with Gasteiger partial charge in [-0.2, -0.15) is 0 Å². The number of unbranched alkanes of at least 4 members (excludes halogenated alkanes) is 1. The molecule has 0 unspecified atom stereocenters. The number of carbonyl (C=O) groups is 1. The van der Waals surface area contributed by atoms with Gasteiger partial charge in [-0.05, 0) is 45.1 Å². The quantitative estimate of drug-likeness (QED) is 0.586. The second-order valence-corrected chi connectivity index (χ2v) is 5.09. The number of hydrogen-bond acceptors (Lipinski definition) is 4. The van der Waals surface area contributed by atoms with Crippen LogP contribution in [0.5, 0.6) is 5.75 Å². The highest BCUT2D eigenvalue weighted by atomic mass is 16.3. The van der Waals surface area contributed by atoms with Crippen molar-refractivity contribution in [2.75, 3.05) is 13.1 Å². The largest absolute Gasteiger partial charge is 0.507 e. The van der Waals surface area contributed by atoms with Gasteiger partial charge in [-0.15, -0.1) is 0 Å². The van der Waals surface area contributed by atoms with Crippen LogP contribution in [-0.4, -0.2) is 29.1 Å². The molecule has 0 aromatic carbocycles. The standard InChI is InChI=1S/C14H21N3O3/c15-7-3-4-8-16-13(19)11-12(18)9-5-1-2-6-10(9)17-14(11)20/h1-8,15H2,(H,16,19)(H2,17,18,20). The Labute approximate surface area is 117 Å². The van der Waals surface area contributed by atoms with E-state index in [2.05, 4.69) is 10.3 Å². The molecule has 0 bridgehead atoms. The van der Waals surface area contributed by atoms with E-state index in [9.17, 15) is 14.7 Å². The van der Waals surface area contributed by atoms with Crippen molar-refractivity contribution < 1.29 is 9.90 Å². The molecule has 0 fully saturated rings. The molecule has 1 heterocycles. The first-order valence-electron chi connectivity index (χ1n) is 7.10. The lowest BCUT2D eigenvalue weighted by Gasteiger charge is -2.18. The van der Waals surface area contributed by atoms with Crippen LogP contribution in [0.25, 0.3) is 0 Å². The van der Waals surface area contributed by atoms with Gasteiger partial charge in [0, 0.05) is 17.8 Å². The number of aromatic hydroxyl groups is 1. The number of pyridine rings is 1. The van der Waals surface area contributed by atoms with Gasteiger partial charge in [-0.3, -0.25) is 9.59 Å². The SMILES string of the molecule is NCCCCNC(=O)c1c(O)c2c([nH]c1=O)CCCC2. The summed E-state index contributed by atoms with van der Waals surface area (Å²) in [5, 5.41) is 12.8. The van der Waals surface area contributed by atoms with Crippen molar-refractivity contribution in [3.63, 3.8) is 0 Å². The molecule has 1 aromatic heterocycles. The lowest BCUT2D eigenvalue weighted by molar-refractivity contribution is 0.0948. The van der Waals surface area contributed by atoms with Crippen molar-refractivity contribution in [2.45, 2.75) is 38.5 Å². The second-order valence-electron chi connectivity index (χ2n) is 5.09. The number of nitrogens with two attached hydrogens (primary N) is 1. The number of fused-ring (bicyclic) bond motifs is 1. The van der Waals surface area contributed by atoms with Gasteiger partial charge in [0.2, 0.25) is 0 Å². The van der Waals surface area contributed by atoms with Crippen LogP contribution in [0.3, 0.4) is 0 Å². The van der Waals surface area contributed by atoms with E-state index in [0.29, 0.717) is 25.1 Å². The third-order valence-corrected chi connectivity index (χ3v) is 3.63. The Morgan fingerprint density at radius 3 is 2.80 bits per heavy atom. The second kappa shape index (κ2) is 6.56. The summed E-state index contributed by atoms with van der Waals surface area (Å²) in [6.07, 6.45) is 4.97. The highest BCUT2D eigenvalue weighted by molar-refractivity contribution is 5.96. The molecule has 0 saturated carbocycles. The molecular weight excluding hydrogens is 258 g/mol. The number of aryl methyl sites for hydroxylation is 1. The van der Waals surface area contributed by atoms with Crippen molar-refractivity contribution >= 4 is 5.91 Å². The fourth-order valence-corrected chi connectivity index (χ4v) is 2.53. The Hall–Kier alpha value is -1.82. The summed E-state index contributed by atoms with van der Waals surface area (Å²) in [4.78, 5) is 26.7. The minimum atomic E-state index is -0.519. The summed E-state index contributed by atoms with van der Waals surface area (Å²) in [7, 11) is 0. The first-order valence-corrected chi connectivity index (χ1v) is 7.10. The Morgan fingerprint density at radius 2 is 2.05 bits per heavy atom.